The van der Waals surface area contributed by atoms with Gasteiger partial charge in [-0.25, -0.2) is 0 Å². The monoisotopic (exact) mass is 268 g/mol. The van der Waals surface area contributed by atoms with Crippen LogP contribution in [0.15, 0.2) is 18.3 Å². The quantitative estimate of drug-likeness (QED) is 0.746. The van der Waals surface area contributed by atoms with Gasteiger partial charge in [-0.2, -0.15) is 0 Å². The van der Waals surface area contributed by atoms with E-state index in [-0.39, 0.29) is 17.9 Å². The number of nitrogens with one attached hydrogen (secondary N) is 1. The van der Waals surface area contributed by atoms with Crippen LogP contribution in [0.5, 0.6) is 0 Å². The van der Waals surface area contributed by atoms with E-state index in [1.165, 1.54) is 0 Å². The molecule has 2 N–H and O–H groups in total. The summed E-state index contributed by atoms with van der Waals surface area (Å²) in [5.74, 6) is -0.0906. The molecule has 1 amide bonds. The van der Waals surface area contributed by atoms with E-state index in [1.54, 1.807) is 13.2 Å². The minimum atomic E-state index is -0.103. The van der Waals surface area contributed by atoms with Gasteiger partial charge < -0.3 is 19.7 Å². The molecule has 0 radical (unpaired) electrons. The molecule has 0 saturated heterocycles. The molecule has 1 aromatic heterocycles. The van der Waals surface area contributed by atoms with Crippen LogP contribution < -0.4 is 5.32 Å². The first-order valence-electron chi connectivity index (χ1n) is 6.53. The van der Waals surface area contributed by atoms with Crippen molar-refractivity contribution in [2.24, 2.45) is 5.41 Å². The van der Waals surface area contributed by atoms with Crippen molar-refractivity contribution >= 4 is 5.91 Å². The van der Waals surface area contributed by atoms with Gasteiger partial charge in [0.15, 0.2) is 0 Å². The van der Waals surface area contributed by atoms with E-state index >= 15 is 0 Å². The standard InChI is InChI=1S/C14H24N2O3/c1-14(2,6-9-17)11-15-13(18)12-5-4-7-16(12)8-10-19-3/h4-5,7,17H,6,8-11H2,1-3H3,(H,15,18). The van der Waals surface area contributed by atoms with Crippen LogP contribution in [-0.4, -0.2) is 42.4 Å². The average molecular weight is 268 g/mol. The summed E-state index contributed by atoms with van der Waals surface area (Å²) in [5.41, 5.74) is 0.533. The number of ether oxygens (including phenoxy) is 1. The third-order valence-electron chi connectivity index (χ3n) is 3.11. The van der Waals surface area contributed by atoms with Crippen LogP contribution in [0.2, 0.25) is 0 Å². The van der Waals surface area contributed by atoms with Crippen LogP contribution in [0, 0.1) is 5.41 Å². The lowest BCUT2D eigenvalue weighted by molar-refractivity contribution is 0.0916. The third kappa shape index (κ3) is 5.04. The Morgan fingerprint density at radius 3 is 2.89 bits per heavy atom. The maximum Gasteiger partial charge on any atom is 0.267 e. The molecule has 1 aromatic rings. The molecular formula is C14H24N2O3. The molecule has 0 atom stereocenters. The van der Waals surface area contributed by atoms with E-state index in [9.17, 15) is 4.79 Å². The molecular weight excluding hydrogens is 244 g/mol. The SMILES string of the molecule is COCCn1cccc1C(=O)NCC(C)(C)CCO. The number of nitrogens with zero attached hydrogens (tertiary/aromatic N) is 1. The number of aliphatic hydroxyl groups is 1. The number of aliphatic hydroxyl groups excluding tert-OH is 1. The van der Waals surface area contributed by atoms with E-state index in [0.29, 0.717) is 31.8 Å². The Hall–Kier alpha value is -1.33. The van der Waals surface area contributed by atoms with Gasteiger partial charge in [-0.15, -0.1) is 0 Å². The molecule has 5 heteroatoms. The van der Waals surface area contributed by atoms with Crippen molar-refractivity contribution in [2.45, 2.75) is 26.8 Å². The van der Waals surface area contributed by atoms with Crippen LogP contribution >= 0.6 is 0 Å². The highest BCUT2D eigenvalue weighted by Crippen LogP contribution is 2.18. The van der Waals surface area contributed by atoms with Crippen LogP contribution in [-0.2, 0) is 11.3 Å². The van der Waals surface area contributed by atoms with Gasteiger partial charge in [0.25, 0.3) is 5.91 Å². The number of methoxy groups -OCH3 is 1. The molecule has 0 bridgehead atoms. The molecule has 1 rings (SSSR count). The van der Waals surface area contributed by atoms with Gasteiger partial charge in [0.2, 0.25) is 0 Å². The van der Waals surface area contributed by atoms with Crippen LogP contribution in [0.3, 0.4) is 0 Å². The largest absolute Gasteiger partial charge is 0.396 e. The molecule has 5 nitrogen and oxygen atoms in total. The Balaban J connectivity index is 2.56. The fourth-order valence-corrected chi connectivity index (χ4v) is 1.81. The minimum Gasteiger partial charge on any atom is -0.396 e. The molecule has 0 saturated carbocycles. The van der Waals surface area contributed by atoms with E-state index < -0.39 is 0 Å². The first-order chi connectivity index (χ1) is 9.00. The van der Waals surface area contributed by atoms with E-state index in [2.05, 4.69) is 5.32 Å². The minimum absolute atomic E-state index is 0.0906. The molecule has 0 aromatic carbocycles. The number of carbonyl (C=O) groups is 1. The Bertz CT molecular complexity index is 399. The van der Waals surface area contributed by atoms with Crippen molar-refractivity contribution in [2.75, 3.05) is 26.9 Å². The summed E-state index contributed by atoms with van der Waals surface area (Å²) >= 11 is 0. The number of aromatic nitrogens is 1. The smallest absolute Gasteiger partial charge is 0.267 e. The van der Waals surface area contributed by atoms with Crippen LogP contribution in [0.25, 0.3) is 0 Å². The van der Waals surface area contributed by atoms with Gasteiger partial charge in [0.1, 0.15) is 5.69 Å². The molecule has 0 unspecified atom stereocenters. The predicted octanol–water partition coefficient (Wildman–Crippen LogP) is 1.27. The topological polar surface area (TPSA) is 63.5 Å². The second kappa shape index (κ2) is 7.31. The van der Waals surface area contributed by atoms with Crippen molar-refractivity contribution in [1.82, 2.24) is 9.88 Å². The van der Waals surface area contributed by atoms with Gasteiger partial charge in [-0.3, -0.25) is 4.79 Å². The predicted molar refractivity (Wildman–Crippen MR) is 74.1 cm³/mol. The summed E-state index contributed by atoms with van der Waals surface area (Å²) in [6.07, 6.45) is 2.53. The third-order valence-corrected chi connectivity index (χ3v) is 3.11. The number of carbonyl (C=O) groups excluding carboxylic acids is 1. The van der Waals surface area contributed by atoms with Crippen molar-refractivity contribution < 1.29 is 14.6 Å². The van der Waals surface area contributed by atoms with Crippen molar-refractivity contribution in [3.8, 4) is 0 Å². The number of amides is 1. The molecule has 0 fully saturated rings. The lowest BCUT2D eigenvalue weighted by Crippen LogP contribution is -2.35. The lowest BCUT2D eigenvalue weighted by atomic mass is 9.90. The fourth-order valence-electron chi connectivity index (χ4n) is 1.81. The number of rotatable bonds is 8. The summed E-state index contributed by atoms with van der Waals surface area (Å²) in [5, 5.41) is 11.9. The first kappa shape index (κ1) is 15.7. The zero-order valence-corrected chi connectivity index (χ0v) is 12.0. The average Bonchev–Trinajstić information content (AvgIpc) is 2.82. The highest BCUT2D eigenvalue weighted by Gasteiger charge is 2.19. The van der Waals surface area contributed by atoms with Crippen LogP contribution in [0.1, 0.15) is 30.8 Å². The van der Waals surface area contributed by atoms with Gasteiger partial charge in [0, 0.05) is 33.0 Å². The Kier molecular flexibility index (Phi) is 6.05. The summed E-state index contributed by atoms with van der Waals surface area (Å²) in [7, 11) is 1.64. The van der Waals surface area contributed by atoms with E-state index in [1.807, 2.05) is 30.7 Å². The first-order valence-corrected chi connectivity index (χ1v) is 6.53. The Morgan fingerprint density at radius 1 is 1.53 bits per heavy atom. The highest BCUT2D eigenvalue weighted by atomic mass is 16.5. The summed E-state index contributed by atoms with van der Waals surface area (Å²) < 4.78 is 6.89. The molecule has 108 valence electrons. The second-order valence-corrected chi connectivity index (χ2v) is 5.40. The second-order valence-electron chi connectivity index (χ2n) is 5.40. The van der Waals surface area contributed by atoms with Gasteiger partial charge >= 0.3 is 0 Å². The molecule has 0 aliphatic carbocycles. The van der Waals surface area contributed by atoms with Crippen molar-refractivity contribution in [3.05, 3.63) is 24.0 Å². The van der Waals surface area contributed by atoms with Gasteiger partial charge in [-0.05, 0) is 24.0 Å². The summed E-state index contributed by atoms with van der Waals surface area (Å²) in [6.45, 7) is 5.95. The Morgan fingerprint density at radius 2 is 2.26 bits per heavy atom. The van der Waals surface area contributed by atoms with E-state index in [4.69, 9.17) is 9.84 Å². The fraction of sp³-hybridized carbons (Fsp3) is 0.643. The maximum atomic E-state index is 12.1. The zero-order chi connectivity index (χ0) is 14.3. The Labute approximate surface area is 114 Å². The van der Waals surface area contributed by atoms with Crippen LogP contribution in [0.4, 0.5) is 0 Å². The van der Waals surface area contributed by atoms with Crippen molar-refractivity contribution in [1.29, 1.82) is 0 Å². The normalized spacial score (nSPS) is 11.6. The van der Waals surface area contributed by atoms with Gasteiger partial charge in [0.05, 0.1) is 6.61 Å². The molecule has 0 aliphatic rings. The zero-order valence-electron chi connectivity index (χ0n) is 12.0. The molecule has 0 spiro atoms. The van der Waals surface area contributed by atoms with E-state index in [0.717, 1.165) is 0 Å². The van der Waals surface area contributed by atoms with Gasteiger partial charge in [-0.1, -0.05) is 13.8 Å². The van der Waals surface area contributed by atoms with Crippen molar-refractivity contribution in [3.63, 3.8) is 0 Å². The summed E-state index contributed by atoms with van der Waals surface area (Å²) in [6, 6.07) is 3.65. The summed E-state index contributed by atoms with van der Waals surface area (Å²) in [4.78, 5) is 12.1. The lowest BCUT2D eigenvalue weighted by Gasteiger charge is -2.24. The maximum absolute atomic E-state index is 12.1. The molecule has 0 aliphatic heterocycles. The highest BCUT2D eigenvalue weighted by molar-refractivity contribution is 5.92. The molecule has 19 heavy (non-hydrogen) atoms. The number of hydrogen-bond acceptors (Lipinski definition) is 3. The molecule has 1 heterocycles. The number of hydrogen-bond donors (Lipinski definition) is 2.